The molecular formula is C17H27FN2S. The first kappa shape index (κ1) is 16.6. The average Bonchev–Trinajstić information content (AvgIpc) is 2.34. The third-order valence-corrected chi connectivity index (χ3v) is 4.82. The topological polar surface area (TPSA) is 15.3 Å². The van der Waals surface area contributed by atoms with Crippen LogP contribution < -0.4 is 10.2 Å². The maximum Gasteiger partial charge on any atom is 0.146 e. The van der Waals surface area contributed by atoms with Gasteiger partial charge >= 0.3 is 0 Å². The normalized spacial score (nSPS) is 23.4. The first-order chi connectivity index (χ1) is 9.74. The summed E-state index contributed by atoms with van der Waals surface area (Å²) in [7, 11) is 0. The highest BCUT2D eigenvalue weighted by Crippen LogP contribution is 2.30. The first-order valence-corrected chi connectivity index (χ1v) is 8.63. The molecule has 0 saturated carbocycles. The smallest absolute Gasteiger partial charge is 0.146 e. The van der Waals surface area contributed by atoms with Crippen LogP contribution in [0, 0.1) is 5.82 Å². The lowest BCUT2D eigenvalue weighted by atomic mass is 10.1. The van der Waals surface area contributed by atoms with Crippen molar-refractivity contribution in [1.82, 2.24) is 5.32 Å². The van der Waals surface area contributed by atoms with E-state index in [1.54, 1.807) is 6.07 Å². The van der Waals surface area contributed by atoms with Gasteiger partial charge in [-0.3, -0.25) is 0 Å². The maximum absolute atomic E-state index is 14.4. The Morgan fingerprint density at radius 2 is 1.86 bits per heavy atom. The fourth-order valence-electron chi connectivity index (χ4n) is 2.66. The summed E-state index contributed by atoms with van der Waals surface area (Å²) in [5, 5.41) is 4.50. The zero-order chi connectivity index (χ0) is 15.6. The van der Waals surface area contributed by atoms with Crippen LogP contribution in [0.3, 0.4) is 0 Å². The Hall–Kier alpha value is -0.740. The largest absolute Gasteiger partial charge is 0.367 e. The summed E-state index contributed by atoms with van der Waals surface area (Å²) in [5.74, 6) is -0.102. The Morgan fingerprint density at radius 1 is 1.24 bits per heavy atom. The maximum atomic E-state index is 14.4. The van der Waals surface area contributed by atoms with Gasteiger partial charge in [0, 0.05) is 35.7 Å². The number of halogens is 1. The molecule has 0 amide bonds. The van der Waals surface area contributed by atoms with Crippen molar-refractivity contribution in [2.24, 2.45) is 0 Å². The minimum Gasteiger partial charge on any atom is -0.367 e. The monoisotopic (exact) mass is 310 g/mol. The zero-order valence-electron chi connectivity index (χ0n) is 13.7. The number of thioether (sulfide) groups is 1. The second kappa shape index (κ2) is 6.57. The van der Waals surface area contributed by atoms with E-state index in [9.17, 15) is 4.39 Å². The van der Waals surface area contributed by atoms with E-state index in [4.69, 9.17) is 0 Å². The van der Waals surface area contributed by atoms with Gasteiger partial charge in [0.15, 0.2) is 0 Å². The van der Waals surface area contributed by atoms with E-state index < -0.39 is 0 Å². The molecule has 1 aliphatic rings. The summed E-state index contributed by atoms with van der Waals surface area (Å²) < 4.78 is 14.4. The molecule has 1 fully saturated rings. The average molecular weight is 310 g/mol. The van der Waals surface area contributed by atoms with E-state index in [2.05, 4.69) is 44.8 Å². The number of benzene rings is 1. The summed E-state index contributed by atoms with van der Waals surface area (Å²) in [4.78, 5) is 2.18. The number of hydrogen-bond donors (Lipinski definition) is 1. The molecule has 2 nitrogen and oxygen atoms in total. The van der Waals surface area contributed by atoms with Crippen molar-refractivity contribution in [3.63, 3.8) is 0 Å². The highest BCUT2D eigenvalue weighted by molar-refractivity contribution is 8.00. The molecular weight excluding hydrogens is 283 g/mol. The van der Waals surface area contributed by atoms with E-state index in [1.807, 2.05) is 23.9 Å². The molecule has 1 aliphatic heterocycles. The second-order valence-corrected chi connectivity index (χ2v) is 8.93. The van der Waals surface area contributed by atoms with Crippen LogP contribution in [0.5, 0.6) is 0 Å². The first-order valence-electron chi connectivity index (χ1n) is 7.68. The number of rotatable bonds is 3. The zero-order valence-corrected chi connectivity index (χ0v) is 14.6. The van der Waals surface area contributed by atoms with Gasteiger partial charge in [-0.05, 0) is 38.5 Å². The quantitative estimate of drug-likeness (QED) is 0.907. The Balaban J connectivity index is 2.08. The lowest BCUT2D eigenvalue weighted by molar-refractivity contribution is 0.423. The van der Waals surface area contributed by atoms with Crippen molar-refractivity contribution >= 4 is 17.4 Å². The molecule has 2 unspecified atom stereocenters. The highest BCUT2D eigenvalue weighted by atomic mass is 32.2. The van der Waals surface area contributed by atoms with Crippen LogP contribution >= 0.6 is 11.8 Å². The molecule has 0 aromatic heterocycles. The molecule has 1 aromatic rings. The summed E-state index contributed by atoms with van der Waals surface area (Å²) in [6.45, 7) is 13.3. The van der Waals surface area contributed by atoms with Crippen LogP contribution in [0.4, 0.5) is 10.1 Å². The number of nitrogens with zero attached hydrogens (tertiary/aromatic N) is 1. The molecule has 118 valence electrons. The predicted octanol–water partition coefficient (Wildman–Crippen LogP) is 4.04. The molecule has 1 heterocycles. The van der Waals surface area contributed by atoms with Crippen molar-refractivity contribution in [3.05, 3.63) is 29.6 Å². The summed E-state index contributed by atoms with van der Waals surface area (Å²) in [5.41, 5.74) is 1.79. The molecule has 4 heteroatoms. The summed E-state index contributed by atoms with van der Waals surface area (Å²) in [6, 6.07) is 5.64. The second-order valence-electron chi connectivity index (χ2n) is 7.05. The van der Waals surface area contributed by atoms with Crippen LogP contribution in [-0.4, -0.2) is 29.1 Å². The van der Waals surface area contributed by atoms with Crippen molar-refractivity contribution in [2.45, 2.75) is 57.2 Å². The Morgan fingerprint density at radius 3 is 2.38 bits per heavy atom. The minimum absolute atomic E-state index is 0.0457. The van der Waals surface area contributed by atoms with Crippen LogP contribution in [0.2, 0.25) is 0 Å². The van der Waals surface area contributed by atoms with Crippen molar-refractivity contribution in [2.75, 3.05) is 18.0 Å². The molecule has 1 N–H and O–H groups in total. The van der Waals surface area contributed by atoms with E-state index >= 15 is 0 Å². The van der Waals surface area contributed by atoms with Crippen molar-refractivity contribution < 1.29 is 4.39 Å². The molecule has 21 heavy (non-hydrogen) atoms. The Labute approximate surface area is 132 Å². The fourth-order valence-corrected chi connectivity index (χ4v) is 3.98. The fraction of sp³-hybridized carbons (Fsp3) is 0.647. The van der Waals surface area contributed by atoms with E-state index in [0.717, 1.165) is 24.3 Å². The van der Waals surface area contributed by atoms with Crippen LogP contribution in [0.1, 0.15) is 40.2 Å². The molecule has 2 rings (SSSR count). The minimum atomic E-state index is -0.102. The van der Waals surface area contributed by atoms with Gasteiger partial charge < -0.3 is 10.2 Å². The molecule has 0 bridgehead atoms. The SMILES string of the molecule is CC1CN(c2ccc(CNC(C)(C)C)cc2F)CC(C)S1. The lowest BCUT2D eigenvalue weighted by Gasteiger charge is -2.36. The third kappa shape index (κ3) is 4.89. The third-order valence-electron chi connectivity index (χ3n) is 3.60. The van der Waals surface area contributed by atoms with Gasteiger partial charge in [-0.25, -0.2) is 4.39 Å². The van der Waals surface area contributed by atoms with Crippen LogP contribution in [0.15, 0.2) is 18.2 Å². The number of hydrogen-bond acceptors (Lipinski definition) is 3. The predicted molar refractivity (Wildman–Crippen MR) is 91.7 cm³/mol. The van der Waals surface area contributed by atoms with Gasteiger partial charge in [0.1, 0.15) is 5.82 Å². The van der Waals surface area contributed by atoms with Gasteiger partial charge in [0.2, 0.25) is 0 Å². The number of anilines is 1. The Kier molecular flexibility index (Phi) is 5.20. The Bertz CT molecular complexity index is 474. The van der Waals surface area contributed by atoms with E-state index in [0.29, 0.717) is 17.0 Å². The van der Waals surface area contributed by atoms with Gasteiger partial charge in [-0.1, -0.05) is 19.9 Å². The lowest BCUT2D eigenvalue weighted by Crippen LogP contribution is -2.40. The molecule has 0 radical (unpaired) electrons. The standard InChI is InChI=1S/C17H27FN2S/c1-12-10-20(11-13(2)21-12)16-7-6-14(8-15(16)18)9-19-17(3,4)5/h6-8,12-13,19H,9-11H2,1-5H3. The summed E-state index contributed by atoms with van der Waals surface area (Å²) >= 11 is 1.99. The van der Waals surface area contributed by atoms with E-state index in [-0.39, 0.29) is 11.4 Å². The molecule has 2 atom stereocenters. The van der Waals surface area contributed by atoms with Gasteiger partial charge in [-0.15, -0.1) is 0 Å². The molecule has 1 saturated heterocycles. The van der Waals surface area contributed by atoms with Gasteiger partial charge in [0.25, 0.3) is 0 Å². The molecule has 0 spiro atoms. The summed E-state index contributed by atoms with van der Waals surface area (Å²) in [6.07, 6.45) is 0. The van der Waals surface area contributed by atoms with Crippen molar-refractivity contribution in [1.29, 1.82) is 0 Å². The van der Waals surface area contributed by atoms with Crippen LogP contribution in [0.25, 0.3) is 0 Å². The highest BCUT2D eigenvalue weighted by Gasteiger charge is 2.24. The molecule has 1 aromatic carbocycles. The van der Waals surface area contributed by atoms with Gasteiger partial charge in [-0.2, -0.15) is 11.8 Å². The van der Waals surface area contributed by atoms with Crippen LogP contribution in [-0.2, 0) is 6.54 Å². The number of nitrogens with one attached hydrogen (secondary N) is 1. The van der Waals surface area contributed by atoms with Gasteiger partial charge in [0.05, 0.1) is 5.69 Å². The molecule has 0 aliphatic carbocycles. The van der Waals surface area contributed by atoms with Crippen molar-refractivity contribution in [3.8, 4) is 0 Å². The van der Waals surface area contributed by atoms with E-state index in [1.165, 1.54) is 0 Å².